The number of anilines is 1. The van der Waals surface area contributed by atoms with Crippen LogP contribution in [-0.2, 0) is 16.0 Å². The molecule has 0 spiro atoms. The predicted molar refractivity (Wildman–Crippen MR) is 109 cm³/mol. The Morgan fingerprint density at radius 1 is 1.15 bits per heavy atom. The molecule has 1 atom stereocenters. The molecule has 4 nitrogen and oxygen atoms in total. The molecular weight excluding hydrogens is 338 g/mol. The van der Waals surface area contributed by atoms with E-state index >= 15 is 0 Å². The van der Waals surface area contributed by atoms with Gasteiger partial charge in [-0.2, -0.15) is 0 Å². The molecule has 0 saturated carbocycles. The molecule has 1 fully saturated rings. The number of aryl methyl sites for hydroxylation is 4. The Morgan fingerprint density at radius 2 is 1.93 bits per heavy atom. The van der Waals surface area contributed by atoms with Crippen LogP contribution in [0.2, 0.25) is 0 Å². The van der Waals surface area contributed by atoms with Crippen molar-refractivity contribution in [3.8, 4) is 5.75 Å². The summed E-state index contributed by atoms with van der Waals surface area (Å²) < 4.78 is 11.6. The second-order valence-corrected chi connectivity index (χ2v) is 7.42. The van der Waals surface area contributed by atoms with Crippen molar-refractivity contribution < 1.29 is 14.3 Å². The highest BCUT2D eigenvalue weighted by Gasteiger charge is 2.17. The molecule has 1 aliphatic rings. The first kappa shape index (κ1) is 19.4. The standard InChI is InChI=1S/C23H29NO3/c1-16-6-8-19(18(3)13-16)9-11-23(25)24-21-10-7-17(2)14-22(21)27-15-20-5-4-12-26-20/h6-8,10,13-14,20H,4-5,9,11-12,15H2,1-3H3,(H,24,25). The van der Waals surface area contributed by atoms with Gasteiger partial charge in [-0.1, -0.05) is 29.8 Å². The van der Waals surface area contributed by atoms with Crippen LogP contribution in [-0.4, -0.2) is 25.2 Å². The smallest absolute Gasteiger partial charge is 0.224 e. The van der Waals surface area contributed by atoms with Gasteiger partial charge in [0.2, 0.25) is 5.91 Å². The van der Waals surface area contributed by atoms with Crippen molar-refractivity contribution in [3.63, 3.8) is 0 Å². The van der Waals surface area contributed by atoms with Gasteiger partial charge in [0.15, 0.2) is 0 Å². The van der Waals surface area contributed by atoms with E-state index in [-0.39, 0.29) is 12.0 Å². The monoisotopic (exact) mass is 367 g/mol. The van der Waals surface area contributed by atoms with E-state index in [1.165, 1.54) is 16.7 Å². The zero-order valence-electron chi connectivity index (χ0n) is 16.5. The molecule has 1 aliphatic heterocycles. The Labute approximate surface area is 161 Å². The lowest BCUT2D eigenvalue weighted by molar-refractivity contribution is -0.116. The second kappa shape index (κ2) is 9.05. The topological polar surface area (TPSA) is 47.6 Å². The van der Waals surface area contributed by atoms with Crippen molar-refractivity contribution in [2.75, 3.05) is 18.5 Å². The normalized spacial score (nSPS) is 16.3. The van der Waals surface area contributed by atoms with Gasteiger partial charge in [-0.25, -0.2) is 0 Å². The highest BCUT2D eigenvalue weighted by Crippen LogP contribution is 2.27. The molecule has 1 heterocycles. The third-order valence-corrected chi connectivity index (χ3v) is 4.98. The molecule has 2 aromatic carbocycles. The molecule has 0 aromatic heterocycles. The summed E-state index contributed by atoms with van der Waals surface area (Å²) in [6, 6.07) is 12.2. The highest BCUT2D eigenvalue weighted by atomic mass is 16.5. The van der Waals surface area contributed by atoms with Crippen molar-refractivity contribution in [3.05, 3.63) is 58.7 Å². The summed E-state index contributed by atoms with van der Waals surface area (Å²) in [4.78, 5) is 12.5. The quantitative estimate of drug-likeness (QED) is 0.769. The van der Waals surface area contributed by atoms with Crippen molar-refractivity contribution in [2.45, 2.75) is 52.6 Å². The Bertz CT molecular complexity index is 794. The SMILES string of the molecule is Cc1ccc(CCC(=O)Nc2ccc(C)cc2OCC2CCCO2)c(C)c1. The summed E-state index contributed by atoms with van der Waals surface area (Å²) in [7, 11) is 0. The summed E-state index contributed by atoms with van der Waals surface area (Å²) in [6.07, 6.45) is 3.45. The molecule has 2 aromatic rings. The van der Waals surface area contributed by atoms with E-state index in [0.717, 1.165) is 37.1 Å². The van der Waals surface area contributed by atoms with Gasteiger partial charge in [0, 0.05) is 13.0 Å². The van der Waals surface area contributed by atoms with Gasteiger partial charge in [0.25, 0.3) is 0 Å². The van der Waals surface area contributed by atoms with Gasteiger partial charge in [0.05, 0.1) is 11.8 Å². The maximum Gasteiger partial charge on any atom is 0.224 e. The average Bonchev–Trinajstić information content (AvgIpc) is 3.15. The Hall–Kier alpha value is -2.33. The van der Waals surface area contributed by atoms with E-state index in [1.807, 2.05) is 25.1 Å². The highest BCUT2D eigenvalue weighted by molar-refractivity contribution is 5.92. The fourth-order valence-corrected chi connectivity index (χ4v) is 3.40. The van der Waals surface area contributed by atoms with Gasteiger partial charge in [-0.15, -0.1) is 0 Å². The minimum Gasteiger partial charge on any atom is -0.489 e. The second-order valence-electron chi connectivity index (χ2n) is 7.42. The Balaban J connectivity index is 1.59. The molecule has 1 amide bonds. The van der Waals surface area contributed by atoms with Crippen molar-refractivity contribution in [1.82, 2.24) is 0 Å². The van der Waals surface area contributed by atoms with Crippen LogP contribution in [0.25, 0.3) is 0 Å². The lowest BCUT2D eigenvalue weighted by Crippen LogP contribution is -2.18. The Kier molecular flexibility index (Phi) is 6.51. The molecule has 0 aliphatic carbocycles. The van der Waals surface area contributed by atoms with Gasteiger partial charge in [-0.05, 0) is 68.9 Å². The minimum atomic E-state index is 0.000736. The first-order valence-electron chi connectivity index (χ1n) is 9.72. The number of nitrogens with one attached hydrogen (secondary N) is 1. The number of carbonyl (C=O) groups is 1. The van der Waals surface area contributed by atoms with Gasteiger partial charge >= 0.3 is 0 Å². The summed E-state index contributed by atoms with van der Waals surface area (Å²) in [6.45, 7) is 7.53. The predicted octanol–water partition coefficient (Wildman–Crippen LogP) is 4.74. The van der Waals surface area contributed by atoms with Gasteiger partial charge in [-0.3, -0.25) is 4.79 Å². The van der Waals surface area contributed by atoms with Crippen LogP contribution in [0, 0.1) is 20.8 Å². The van der Waals surface area contributed by atoms with Gasteiger partial charge < -0.3 is 14.8 Å². The van der Waals surface area contributed by atoms with Gasteiger partial charge in [0.1, 0.15) is 12.4 Å². The molecule has 1 saturated heterocycles. The zero-order chi connectivity index (χ0) is 19.2. The minimum absolute atomic E-state index is 0.000736. The number of hydrogen-bond donors (Lipinski definition) is 1. The Morgan fingerprint density at radius 3 is 2.67 bits per heavy atom. The van der Waals surface area contributed by atoms with Crippen LogP contribution in [0.1, 0.15) is 41.5 Å². The van der Waals surface area contributed by atoms with Crippen LogP contribution in [0.4, 0.5) is 5.69 Å². The number of carbonyl (C=O) groups excluding carboxylic acids is 1. The lowest BCUT2D eigenvalue weighted by Gasteiger charge is -2.16. The van der Waals surface area contributed by atoms with E-state index in [0.29, 0.717) is 18.8 Å². The number of ether oxygens (including phenoxy) is 2. The molecule has 3 rings (SSSR count). The summed E-state index contributed by atoms with van der Waals surface area (Å²) >= 11 is 0. The van der Waals surface area contributed by atoms with Crippen molar-refractivity contribution >= 4 is 11.6 Å². The maximum absolute atomic E-state index is 12.5. The van der Waals surface area contributed by atoms with E-state index in [1.54, 1.807) is 0 Å². The van der Waals surface area contributed by atoms with E-state index in [4.69, 9.17) is 9.47 Å². The van der Waals surface area contributed by atoms with Crippen molar-refractivity contribution in [1.29, 1.82) is 0 Å². The number of benzene rings is 2. The summed E-state index contributed by atoms with van der Waals surface area (Å²) in [5.74, 6) is 0.714. The van der Waals surface area contributed by atoms with Crippen LogP contribution in [0.5, 0.6) is 5.75 Å². The maximum atomic E-state index is 12.5. The zero-order valence-corrected chi connectivity index (χ0v) is 16.5. The van der Waals surface area contributed by atoms with E-state index in [2.05, 4.69) is 37.4 Å². The molecule has 0 radical (unpaired) electrons. The van der Waals surface area contributed by atoms with Crippen molar-refractivity contribution in [2.24, 2.45) is 0 Å². The van der Waals surface area contributed by atoms with Crippen LogP contribution >= 0.6 is 0 Å². The van der Waals surface area contributed by atoms with Crippen LogP contribution in [0.15, 0.2) is 36.4 Å². The third kappa shape index (κ3) is 5.57. The molecule has 1 N–H and O–H groups in total. The number of hydrogen-bond acceptors (Lipinski definition) is 3. The number of amides is 1. The first-order valence-corrected chi connectivity index (χ1v) is 9.72. The van der Waals surface area contributed by atoms with Crippen LogP contribution < -0.4 is 10.1 Å². The van der Waals surface area contributed by atoms with E-state index in [9.17, 15) is 4.79 Å². The summed E-state index contributed by atoms with van der Waals surface area (Å²) in [5, 5.41) is 3.01. The first-order chi connectivity index (χ1) is 13.0. The molecule has 144 valence electrons. The molecule has 27 heavy (non-hydrogen) atoms. The lowest BCUT2D eigenvalue weighted by atomic mass is 10.0. The molecule has 1 unspecified atom stereocenters. The molecule has 0 bridgehead atoms. The third-order valence-electron chi connectivity index (χ3n) is 4.98. The molecule has 4 heteroatoms. The summed E-state index contributed by atoms with van der Waals surface area (Å²) in [5.41, 5.74) is 5.52. The largest absolute Gasteiger partial charge is 0.489 e. The van der Waals surface area contributed by atoms with E-state index < -0.39 is 0 Å². The number of rotatable bonds is 7. The van der Waals surface area contributed by atoms with Crippen LogP contribution in [0.3, 0.4) is 0 Å². The fourth-order valence-electron chi connectivity index (χ4n) is 3.40. The fraction of sp³-hybridized carbons (Fsp3) is 0.435. The average molecular weight is 367 g/mol. The molecular formula is C23H29NO3.